The molecule has 1 aliphatic heterocycles. The molecule has 0 unspecified atom stereocenters. The second kappa shape index (κ2) is 9.45. The summed E-state index contributed by atoms with van der Waals surface area (Å²) in [5, 5.41) is 2.93. The Bertz CT molecular complexity index is 915. The maximum Gasteiger partial charge on any atom is 0.243 e. The Morgan fingerprint density at radius 3 is 2.52 bits per heavy atom. The predicted molar refractivity (Wildman–Crippen MR) is 114 cm³/mol. The van der Waals surface area contributed by atoms with Crippen LogP contribution in [0.1, 0.15) is 38.9 Å². The normalized spacial score (nSPS) is 14.5. The van der Waals surface area contributed by atoms with Crippen molar-refractivity contribution in [1.82, 2.24) is 4.31 Å². The highest BCUT2D eigenvalue weighted by atomic mass is 32.2. The molecule has 0 atom stereocenters. The third-order valence-electron chi connectivity index (χ3n) is 5.21. The molecular formula is C21H29N3O4S. The van der Waals surface area contributed by atoms with Crippen molar-refractivity contribution in [3.8, 4) is 0 Å². The summed E-state index contributed by atoms with van der Waals surface area (Å²) in [6, 6.07) is 8.66. The highest BCUT2D eigenvalue weighted by Gasteiger charge is 2.25. The third-order valence-corrected chi connectivity index (χ3v) is 7.26. The minimum Gasteiger partial charge on any atom is -0.469 e. The van der Waals surface area contributed by atoms with Crippen LogP contribution in [0.25, 0.3) is 0 Å². The van der Waals surface area contributed by atoms with Gasteiger partial charge in [-0.25, -0.2) is 8.42 Å². The zero-order valence-corrected chi connectivity index (χ0v) is 17.9. The molecule has 7 nitrogen and oxygen atoms in total. The molecule has 29 heavy (non-hydrogen) atoms. The number of sulfonamides is 1. The first kappa shape index (κ1) is 21.4. The molecule has 3 rings (SSSR count). The zero-order valence-electron chi connectivity index (χ0n) is 17.1. The van der Waals surface area contributed by atoms with Gasteiger partial charge in [0.2, 0.25) is 15.9 Å². The van der Waals surface area contributed by atoms with Crippen LogP contribution < -0.4 is 10.2 Å². The maximum absolute atomic E-state index is 12.9. The zero-order chi connectivity index (χ0) is 20.9. The monoisotopic (exact) mass is 419 g/mol. The van der Waals surface area contributed by atoms with Gasteiger partial charge in [0.15, 0.2) is 0 Å². The lowest BCUT2D eigenvalue weighted by molar-refractivity contribution is -0.116. The molecule has 8 heteroatoms. The predicted octanol–water partition coefficient (Wildman–Crippen LogP) is 3.48. The average Bonchev–Trinajstić information content (AvgIpc) is 3.41. The molecule has 0 spiro atoms. The van der Waals surface area contributed by atoms with Crippen LogP contribution in [0.3, 0.4) is 0 Å². The van der Waals surface area contributed by atoms with Gasteiger partial charge in [0, 0.05) is 39.0 Å². The molecule has 1 N–H and O–H groups in total. The molecule has 0 radical (unpaired) electrons. The Balaban J connectivity index is 1.85. The van der Waals surface area contributed by atoms with E-state index < -0.39 is 10.0 Å². The van der Waals surface area contributed by atoms with E-state index in [1.165, 1.54) is 4.31 Å². The van der Waals surface area contributed by atoms with E-state index in [4.69, 9.17) is 4.42 Å². The maximum atomic E-state index is 12.9. The van der Waals surface area contributed by atoms with Crippen LogP contribution in [0.15, 0.2) is 45.9 Å². The number of carbonyl (C=O) groups excluding carboxylic acids is 1. The Hall–Kier alpha value is -2.32. The lowest BCUT2D eigenvalue weighted by Crippen LogP contribution is -2.31. The third kappa shape index (κ3) is 5.00. The van der Waals surface area contributed by atoms with Gasteiger partial charge in [0.1, 0.15) is 5.76 Å². The van der Waals surface area contributed by atoms with E-state index in [0.29, 0.717) is 25.2 Å². The summed E-state index contributed by atoms with van der Waals surface area (Å²) >= 11 is 0. The van der Waals surface area contributed by atoms with Crippen LogP contribution in [0.2, 0.25) is 0 Å². The smallest absolute Gasteiger partial charge is 0.243 e. The highest BCUT2D eigenvalue weighted by Crippen LogP contribution is 2.32. The number of hydrogen-bond acceptors (Lipinski definition) is 5. The van der Waals surface area contributed by atoms with Crippen molar-refractivity contribution in [3.05, 3.63) is 42.4 Å². The molecular weight excluding hydrogens is 390 g/mol. The molecule has 0 aliphatic carbocycles. The number of hydrogen-bond donors (Lipinski definition) is 1. The molecule has 1 fully saturated rings. The van der Waals surface area contributed by atoms with Crippen molar-refractivity contribution in [3.63, 3.8) is 0 Å². The minimum atomic E-state index is -3.60. The summed E-state index contributed by atoms with van der Waals surface area (Å²) in [6.07, 6.45) is 4.52. The summed E-state index contributed by atoms with van der Waals surface area (Å²) in [7, 11) is -3.60. The molecule has 0 saturated carbocycles. The van der Waals surface area contributed by atoms with Gasteiger partial charge in [-0.3, -0.25) is 4.79 Å². The first-order chi connectivity index (χ1) is 14.0. The van der Waals surface area contributed by atoms with Crippen LogP contribution in [0, 0.1) is 0 Å². The molecule has 158 valence electrons. The molecule has 1 amide bonds. The summed E-state index contributed by atoms with van der Waals surface area (Å²) in [5.74, 6) is 0.581. The van der Waals surface area contributed by atoms with Gasteiger partial charge >= 0.3 is 0 Å². The minimum absolute atomic E-state index is 0.167. The van der Waals surface area contributed by atoms with Crippen molar-refractivity contribution in [2.75, 3.05) is 36.4 Å². The quantitative estimate of drug-likeness (QED) is 0.673. The average molecular weight is 420 g/mol. The van der Waals surface area contributed by atoms with Gasteiger partial charge < -0.3 is 14.6 Å². The van der Waals surface area contributed by atoms with Crippen molar-refractivity contribution in [2.24, 2.45) is 0 Å². The van der Waals surface area contributed by atoms with Crippen LogP contribution in [0.4, 0.5) is 11.4 Å². The summed E-state index contributed by atoms with van der Waals surface area (Å²) < 4.78 is 32.6. The fourth-order valence-corrected chi connectivity index (χ4v) is 5.11. The summed E-state index contributed by atoms with van der Waals surface area (Å²) in [6.45, 7) is 6.23. The molecule has 2 aromatic rings. The largest absolute Gasteiger partial charge is 0.469 e. The standard InChI is InChI=1S/C21H29N3O4S/c1-3-24(4-2)29(26,27)18-10-11-20(23-13-5-6-14-23)19(16-18)22-21(25)12-9-17-8-7-15-28-17/h7-8,10-11,15-16H,3-6,9,12-14H2,1-2H3,(H,22,25). The van der Waals surface area contributed by atoms with Crippen molar-refractivity contribution in [2.45, 2.75) is 44.4 Å². The van der Waals surface area contributed by atoms with E-state index in [0.717, 1.165) is 37.4 Å². The van der Waals surface area contributed by atoms with E-state index >= 15 is 0 Å². The number of benzene rings is 1. The van der Waals surface area contributed by atoms with Gasteiger partial charge in [0.25, 0.3) is 0 Å². The van der Waals surface area contributed by atoms with Crippen molar-refractivity contribution < 1.29 is 17.6 Å². The number of rotatable bonds is 9. The topological polar surface area (TPSA) is 82.9 Å². The van der Waals surface area contributed by atoms with Crippen molar-refractivity contribution in [1.29, 1.82) is 0 Å². The number of carbonyl (C=O) groups is 1. The highest BCUT2D eigenvalue weighted by molar-refractivity contribution is 7.89. The number of aryl methyl sites for hydroxylation is 1. The molecule has 1 saturated heterocycles. The lowest BCUT2D eigenvalue weighted by atomic mass is 10.2. The molecule has 1 aromatic heterocycles. The van der Waals surface area contributed by atoms with E-state index in [2.05, 4.69) is 10.2 Å². The first-order valence-corrected chi connectivity index (χ1v) is 11.6. The second-order valence-electron chi connectivity index (χ2n) is 7.09. The van der Waals surface area contributed by atoms with Crippen molar-refractivity contribution >= 4 is 27.3 Å². The summed E-state index contributed by atoms with van der Waals surface area (Å²) in [5.41, 5.74) is 1.41. The first-order valence-electron chi connectivity index (χ1n) is 10.2. The van der Waals surface area contributed by atoms with E-state index in [1.54, 1.807) is 24.5 Å². The fraction of sp³-hybridized carbons (Fsp3) is 0.476. The van der Waals surface area contributed by atoms with E-state index in [9.17, 15) is 13.2 Å². The van der Waals surface area contributed by atoms with Crippen LogP contribution in [-0.4, -0.2) is 44.8 Å². The Kier molecular flexibility index (Phi) is 6.97. The van der Waals surface area contributed by atoms with Gasteiger partial charge in [0.05, 0.1) is 22.5 Å². The number of nitrogens with zero attached hydrogens (tertiary/aromatic N) is 2. The Morgan fingerprint density at radius 1 is 1.17 bits per heavy atom. The molecule has 1 aromatic carbocycles. The molecule has 2 heterocycles. The van der Waals surface area contributed by atoms with Gasteiger partial charge in [-0.05, 0) is 43.2 Å². The number of amides is 1. The lowest BCUT2D eigenvalue weighted by Gasteiger charge is -2.24. The van der Waals surface area contributed by atoms with Gasteiger partial charge in [-0.2, -0.15) is 4.31 Å². The second-order valence-corrected chi connectivity index (χ2v) is 9.03. The van der Waals surface area contributed by atoms with E-state index in [1.807, 2.05) is 26.0 Å². The Morgan fingerprint density at radius 2 is 1.90 bits per heavy atom. The van der Waals surface area contributed by atoms with Gasteiger partial charge in [-0.15, -0.1) is 0 Å². The number of furan rings is 1. The molecule has 0 bridgehead atoms. The number of anilines is 2. The summed E-state index contributed by atoms with van der Waals surface area (Å²) in [4.78, 5) is 14.9. The van der Waals surface area contributed by atoms with Crippen LogP contribution in [0.5, 0.6) is 0 Å². The van der Waals surface area contributed by atoms with E-state index in [-0.39, 0.29) is 17.2 Å². The Labute approximate surface area is 172 Å². The van der Waals surface area contributed by atoms with Crippen LogP contribution in [-0.2, 0) is 21.2 Å². The van der Waals surface area contributed by atoms with Gasteiger partial charge in [-0.1, -0.05) is 13.8 Å². The van der Waals surface area contributed by atoms with Crippen LogP contribution >= 0.6 is 0 Å². The molecule has 1 aliphatic rings. The SMILES string of the molecule is CCN(CC)S(=O)(=O)c1ccc(N2CCCC2)c(NC(=O)CCc2ccco2)c1. The number of nitrogens with one attached hydrogen (secondary N) is 1. The fourth-order valence-electron chi connectivity index (χ4n) is 3.63.